The average Bonchev–Trinajstić information content (AvgIpc) is 3.48. The number of hydrogen-bond acceptors (Lipinski definition) is 4. The highest BCUT2D eigenvalue weighted by atomic mass is 16.2. The molecular formula is C24H36N4O4. The fourth-order valence-electron chi connectivity index (χ4n) is 6.70. The lowest BCUT2D eigenvalue weighted by molar-refractivity contribution is -0.142. The molecule has 0 aromatic carbocycles. The van der Waals surface area contributed by atoms with Crippen molar-refractivity contribution < 1.29 is 19.2 Å². The summed E-state index contributed by atoms with van der Waals surface area (Å²) in [5, 5.41) is 2.97. The van der Waals surface area contributed by atoms with Crippen molar-refractivity contribution in [2.45, 2.75) is 76.8 Å². The molecule has 0 aromatic rings. The minimum absolute atomic E-state index is 0.0677. The Bertz CT molecular complexity index is 799. The van der Waals surface area contributed by atoms with Crippen molar-refractivity contribution >= 4 is 23.8 Å². The summed E-state index contributed by atoms with van der Waals surface area (Å²) in [6, 6.07) is -0.459. The molecule has 176 valence electrons. The molecule has 2 unspecified atom stereocenters. The van der Waals surface area contributed by atoms with Crippen molar-refractivity contribution in [3.8, 4) is 0 Å². The van der Waals surface area contributed by atoms with Gasteiger partial charge in [-0.1, -0.05) is 26.7 Å². The summed E-state index contributed by atoms with van der Waals surface area (Å²) >= 11 is 0. The lowest BCUT2D eigenvalue weighted by Gasteiger charge is -2.39. The van der Waals surface area contributed by atoms with E-state index in [1.165, 1.54) is 30.6 Å². The molecular weight excluding hydrogens is 408 g/mol. The lowest BCUT2D eigenvalue weighted by atomic mass is 9.86. The van der Waals surface area contributed by atoms with Crippen LogP contribution in [0.1, 0.15) is 65.2 Å². The summed E-state index contributed by atoms with van der Waals surface area (Å²) < 4.78 is 0. The topological polar surface area (TPSA) is 90.0 Å². The molecule has 5 aliphatic rings. The number of carbonyl (C=O) groups excluding carboxylic acids is 4. The zero-order valence-corrected chi connectivity index (χ0v) is 19.3. The van der Waals surface area contributed by atoms with E-state index in [0.29, 0.717) is 69.6 Å². The smallest absolute Gasteiger partial charge is 0.325 e. The van der Waals surface area contributed by atoms with Gasteiger partial charge in [-0.15, -0.1) is 0 Å². The maximum absolute atomic E-state index is 13.4. The van der Waals surface area contributed by atoms with E-state index in [2.05, 4.69) is 5.32 Å². The predicted molar refractivity (Wildman–Crippen MR) is 117 cm³/mol. The molecule has 5 amide bonds. The van der Waals surface area contributed by atoms with Gasteiger partial charge in [0.1, 0.15) is 5.54 Å². The number of nitrogens with one attached hydrogen (secondary N) is 1. The zero-order valence-electron chi connectivity index (χ0n) is 19.3. The van der Waals surface area contributed by atoms with Crippen LogP contribution in [0.5, 0.6) is 0 Å². The largest absolute Gasteiger partial charge is 0.342 e. The van der Waals surface area contributed by atoms with Crippen LogP contribution in [0.2, 0.25) is 0 Å². The molecule has 1 spiro atoms. The van der Waals surface area contributed by atoms with Gasteiger partial charge >= 0.3 is 6.03 Å². The number of fused-ring (bicyclic) bond motifs is 1. The third kappa shape index (κ3) is 3.50. The van der Waals surface area contributed by atoms with Crippen molar-refractivity contribution in [3.63, 3.8) is 0 Å². The monoisotopic (exact) mass is 444 g/mol. The van der Waals surface area contributed by atoms with Gasteiger partial charge in [0, 0.05) is 44.1 Å². The Hall–Kier alpha value is -2.12. The molecule has 5 fully saturated rings. The maximum atomic E-state index is 13.4. The van der Waals surface area contributed by atoms with Crippen LogP contribution in [0.3, 0.4) is 0 Å². The molecule has 3 aliphatic heterocycles. The average molecular weight is 445 g/mol. The fourth-order valence-corrected chi connectivity index (χ4v) is 6.70. The molecule has 3 saturated heterocycles. The molecule has 8 nitrogen and oxygen atoms in total. The number of carbonyl (C=O) groups is 4. The van der Waals surface area contributed by atoms with E-state index in [1.807, 2.05) is 18.7 Å². The van der Waals surface area contributed by atoms with Crippen molar-refractivity contribution in [1.29, 1.82) is 0 Å². The van der Waals surface area contributed by atoms with E-state index in [1.54, 1.807) is 4.90 Å². The maximum Gasteiger partial charge on any atom is 0.325 e. The minimum atomic E-state index is -0.874. The second-order valence-corrected chi connectivity index (χ2v) is 10.9. The predicted octanol–water partition coefficient (Wildman–Crippen LogP) is 1.98. The van der Waals surface area contributed by atoms with Crippen LogP contribution >= 0.6 is 0 Å². The molecule has 8 heteroatoms. The van der Waals surface area contributed by atoms with Crippen LogP contribution in [-0.4, -0.2) is 76.2 Å². The zero-order chi connectivity index (χ0) is 22.6. The Kier molecular flexibility index (Phi) is 5.45. The van der Waals surface area contributed by atoms with Gasteiger partial charge < -0.3 is 15.1 Å². The van der Waals surface area contributed by atoms with Gasteiger partial charge in [0.15, 0.2) is 0 Å². The highest BCUT2D eigenvalue weighted by Gasteiger charge is 2.57. The van der Waals surface area contributed by atoms with Crippen LogP contribution in [-0.2, 0) is 14.4 Å². The summed E-state index contributed by atoms with van der Waals surface area (Å²) in [7, 11) is 0. The summed E-state index contributed by atoms with van der Waals surface area (Å²) in [5.41, 5.74) is -0.874. The van der Waals surface area contributed by atoms with Crippen molar-refractivity contribution in [2.24, 2.45) is 23.7 Å². The van der Waals surface area contributed by atoms with Gasteiger partial charge in [0.05, 0.1) is 0 Å². The number of hydrogen-bond donors (Lipinski definition) is 1. The normalized spacial score (nSPS) is 32.3. The molecule has 3 heterocycles. The van der Waals surface area contributed by atoms with Crippen LogP contribution in [0, 0.1) is 23.7 Å². The SMILES string of the molecule is CC(C)C(=O)N1CCC2(CC1)NC(=O)N(C1CCN(C(=O)C3C4CCCCC43)CC1)C2=O. The first kappa shape index (κ1) is 21.7. The molecule has 2 aliphatic carbocycles. The Labute approximate surface area is 190 Å². The van der Waals surface area contributed by atoms with Gasteiger partial charge in [-0.2, -0.15) is 0 Å². The quantitative estimate of drug-likeness (QED) is 0.674. The molecule has 1 N–H and O–H groups in total. The van der Waals surface area contributed by atoms with E-state index in [9.17, 15) is 19.2 Å². The second kappa shape index (κ2) is 8.03. The Balaban J connectivity index is 1.17. The summed E-state index contributed by atoms with van der Waals surface area (Å²) in [6.07, 6.45) is 7.14. The van der Waals surface area contributed by atoms with Gasteiger partial charge in [0.2, 0.25) is 11.8 Å². The molecule has 2 saturated carbocycles. The van der Waals surface area contributed by atoms with Gasteiger partial charge in [-0.05, 0) is 50.4 Å². The number of likely N-dealkylation sites (tertiary alicyclic amines) is 2. The number of amides is 5. The Morgan fingerprint density at radius 1 is 0.906 bits per heavy atom. The van der Waals surface area contributed by atoms with Crippen molar-refractivity contribution in [2.75, 3.05) is 26.2 Å². The van der Waals surface area contributed by atoms with Crippen molar-refractivity contribution in [1.82, 2.24) is 20.0 Å². The number of rotatable bonds is 3. The Morgan fingerprint density at radius 2 is 1.50 bits per heavy atom. The fraction of sp³-hybridized carbons (Fsp3) is 0.833. The molecule has 32 heavy (non-hydrogen) atoms. The highest BCUT2D eigenvalue weighted by Crippen LogP contribution is 2.56. The number of piperidine rings is 2. The number of imide groups is 1. The Morgan fingerprint density at radius 3 is 2.06 bits per heavy atom. The van der Waals surface area contributed by atoms with E-state index < -0.39 is 5.54 Å². The lowest BCUT2D eigenvalue weighted by Crippen LogP contribution is -2.57. The first-order chi connectivity index (χ1) is 15.3. The standard InChI is InChI=1S/C24H36N4O4/c1-15(2)20(29)27-13-9-24(10-14-27)22(31)28(23(32)25-24)16-7-11-26(12-8-16)21(30)19-17-5-3-4-6-18(17)19/h15-19H,3-14H2,1-2H3,(H,25,32). The van der Waals surface area contributed by atoms with E-state index in [0.717, 1.165) is 0 Å². The molecule has 2 atom stereocenters. The molecule has 0 radical (unpaired) electrons. The molecule has 0 aromatic heterocycles. The third-order valence-electron chi connectivity index (χ3n) is 8.70. The third-order valence-corrected chi connectivity index (χ3v) is 8.70. The van der Waals surface area contributed by atoms with E-state index >= 15 is 0 Å². The van der Waals surface area contributed by atoms with Crippen molar-refractivity contribution in [3.05, 3.63) is 0 Å². The molecule has 0 bridgehead atoms. The van der Waals surface area contributed by atoms with Gasteiger partial charge in [-0.25, -0.2) is 4.79 Å². The number of urea groups is 1. The van der Waals surface area contributed by atoms with Crippen LogP contribution < -0.4 is 5.32 Å². The van der Waals surface area contributed by atoms with Crippen LogP contribution in [0.4, 0.5) is 4.79 Å². The second-order valence-electron chi connectivity index (χ2n) is 10.9. The first-order valence-corrected chi connectivity index (χ1v) is 12.6. The summed E-state index contributed by atoms with van der Waals surface area (Å²) in [4.78, 5) is 56.7. The summed E-state index contributed by atoms with van der Waals surface area (Å²) in [5.74, 6) is 1.63. The van der Waals surface area contributed by atoms with E-state index in [4.69, 9.17) is 0 Å². The van der Waals surface area contributed by atoms with Gasteiger partial charge in [0.25, 0.3) is 5.91 Å². The minimum Gasteiger partial charge on any atom is -0.342 e. The van der Waals surface area contributed by atoms with Crippen LogP contribution in [0.25, 0.3) is 0 Å². The van der Waals surface area contributed by atoms with Crippen LogP contribution in [0.15, 0.2) is 0 Å². The first-order valence-electron chi connectivity index (χ1n) is 12.6. The number of nitrogens with zero attached hydrogens (tertiary/aromatic N) is 3. The highest BCUT2D eigenvalue weighted by molar-refractivity contribution is 6.07. The summed E-state index contributed by atoms with van der Waals surface area (Å²) in [6.45, 7) is 6.00. The van der Waals surface area contributed by atoms with E-state index in [-0.39, 0.29) is 35.7 Å². The van der Waals surface area contributed by atoms with Gasteiger partial charge in [-0.3, -0.25) is 19.3 Å². The molecule has 5 rings (SSSR count).